The standard InChI is InChI=1S/C60H61BN4S/c1-38-22-30-49-48(34-38)61-53-50(64(49)43-26-23-39(24-27-43)57(2,3)4)37-52(63(41-18-14-12-15-19-41)42-20-16-13-17-21-42)62-56(53)65(44-28-29-46-47(36-44)60(10,11)33-32-59(46,8)9)54-45-35-40(58(5,6)7)25-31-51(45)66-55(54)61/h12-31,34-37H,32-33H2,1-11H3. The van der Waals surface area contributed by atoms with Crippen LogP contribution in [0.1, 0.15) is 110 Å². The van der Waals surface area contributed by atoms with Crippen LogP contribution in [0, 0.1) is 6.92 Å². The summed E-state index contributed by atoms with van der Waals surface area (Å²) in [5, 5.41) is 1.29. The molecule has 2 aliphatic heterocycles. The van der Waals surface area contributed by atoms with Gasteiger partial charge in [0.2, 0.25) is 0 Å². The van der Waals surface area contributed by atoms with E-state index in [0.717, 1.165) is 46.5 Å². The summed E-state index contributed by atoms with van der Waals surface area (Å²) in [7, 11) is 0. The molecule has 0 atom stereocenters. The Morgan fingerprint density at radius 3 is 1.83 bits per heavy atom. The minimum absolute atomic E-state index is 0.0239. The lowest BCUT2D eigenvalue weighted by atomic mass is 9.36. The van der Waals surface area contributed by atoms with Gasteiger partial charge in [0.15, 0.2) is 0 Å². The molecule has 4 heterocycles. The van der Waals surface area contributed by atoms with E-state index in [2.05, 4.69) is 236 Å². The van der Waals surface area contributed by atoms with Crippen LogP contribution in [0.25, 0.3) is 10.1 Å². The lowest BCUT2D eigenvalue weighted by Gasteiger charge is -2.45. The number of thiophene rings is 1. The van der Waals surface area contributed by atoms with E-state index in [4.69, 9.17) is 4.98 Å². The highest BCUT2D eigenvalue weighted by Gasteiger charge is 2.47. The van der Waals surface area contributed by atoms with Crippen LogP contribution in [-0.2, 0) is 21.7 Å². The van der Waals surface area contributed by atoms with Crippen LogP contribution in [0.5, 0.6) is 0 Å². The Hall–Kier alpha value is -6.11. The van der Waals surface area contributed by atoms with Gasteiger partial charge in [-0.15, -0.1) is 11.3 Å². The first-order chi connectivity index (χ1) is 31.4. The van der Waals surface area contributed by atoms with E-state index in [0.29, 0.717) is 0 Å². The molecule has 6 aromatic carbocycles. The molecule has 0 unspecified atom stereocenters. The third kappa shape index (κ3) is 6.81. The van der Waals surface area contributed by atoms with Crippen molar-refractivity contribution in [1.29, 1.82) is 0 Å². The summed E-state index contributed by atoms with van der Waals surface area (Å²) in [6.07, 6.45) is 2.31. The fourth-order valence-corrected chi connectivity index (χ4v) is 12.3. The maximum atomic E-state index is 6.05. The number of hydrogen-bond donors (Lipinski definition) is 0. The second-order valence-corrected chi connectivity index (χ2v) is 23.6. The monoisotopic (exact) mass is 880 g/mol. The largest absolute Gasteiger partial charge is 0.311 e. The van der Waals surface area contributed by atoms with Crippen LogP contribution in [0.2, 0.25) is 0 Å². The van der Waals surface area contributed by atoms with Gasteiger partial charge in [0.05, 0.1) is 5.69 Å². The van der Waals surface area contributed by atoms with Gasteiger partial charge in [0.25, 0.3) is 6.71 Å². The molecule has 2 aromatic heterocycles. The van der Waals surface area contributed by atoms with Gasteiger partial charge in [-0.1, -0.05) is 148 Å². The Bertz CT molecular complexity index is 3150. The zero-order chi connectivity index (χ0) is 46.1. The number of aromatic nitrogens is 1. The van der Waals surface area contributed by atoms with Crippen molar-refractivity contribution in [2.45, 2.75) is 111 Å². The van der Waals surface area contributed by atoms with Gasteiger partial charge in [-0.3, -0.25) is 9.80 Å². The van der Waals surface area contributed by atoms with E-state index in [1.807, 2.05) is 11.3 Å². The van der Waals surface area contributed by atoms with Crippen molar-refractivity contribution >= 4 is 95.3 Å². The summed E-state index contributed by atoms with van der Waals surface area (Å²) in [5.41, 5.74) is 17.5. The normalized spacial score (nSPS) is 15.8. The lowest BCUT2D eigenvalue weighted by Crippen LogP contribution is -2.61. The molecule has 8 aromatic rings. The summed E-state index contributed by atoms with van der Waals surface area (Å²) in [6.45, 7) is 25.8. The predicted molar refractivity (Wildman–Crippen MR) is 286 cm³/mol. The predicted octanol–water partition coefficient (Wildman–Crippen LogP) is 15.1. The Labute approximate surface area is 397 Å². The van der Waals surface area contributed by atoms with Crippen LogP contribution in [0.4, 0.5) is 51.4 Å². The molecule has 11 rings (SSSR count). The number of nitrogens with zero attached hydrogens (tertiary/aromatic N) is 4. The third-order valence-corrected chi connectivity index (χ3v) is 16.1. The zero-order valence-corrected chi connectivity index (χ0v) is 41.4. The third-order valence-electron chi connectivity index (χ3n) is 14.9. The van der Waals surface area contributed by atoms with Crippen molar-refractivity contribution in [3.63, 3.8) is 0 Å². The number of hydrogen-bond acceptors (Lipinski definition) is 5. The van der Waals surface area contributed by atoms with E-state index < -0.39 is 0 Å². The molecule has 0 N–H and O–H groups in total. The number of benzene rings is 6. The quantitative estimate of drug-likeness (QED) is 0.161. The van der Waals surface area contributed by atoms with Crippen molar-refractivity contribution in [3.05, 3.63) is 173 Å². The molecule has 4 nitrogen and oxygen atoms in total. The maximum Gasteiger partial charge on any atom is 0.266 e. The Morgan fingerprint density at radius 1 is 0.591 bits per heavy atom. The minimum atomic E-state index is -0.0341. The van der Waals surface area contributed by atoms with Gasteiger partial charge < -0.3 is 4.90 Å². The summed E-state index contributed by atoms with van der Waals surface area (Å²) in [4.78, 5) is 13.5. The lowest BCUT2D eigenvalue weighted by molar-refractivity contribution is 0.332. The first-order valence-electron chi connectivity index (χ1n) is 23.9. The molecule has 0 radical (unpaired) electrons. The van der Waals surface area contributed by atoms with Crippen LogP contribution in [0.3, 0.4) is 0 Å². The Balaban J connectivity index is 1.29. The van der Waals surface area contributed by atoms with Crippen molar-refractivity contribution in [2.75, 3.05) is 14.7 Å². The molecule has 0 saturated heterocycles. The second kappa shape index (κ2) is 15.0. The smallest absolute Gasteiger partial charge is 0.266 e. The highest BCUT2D eigenvalue weighted by atomic mass is 32.1. The average molecular weight is 881 g/mol. The molecule has 0 spiro atoms. The first-order valence-corrected chi connectivity index (χ1v) is 24.7. The molecule has 330 valence electrons. The van der Waals surface area contributed by atoms with Crippen molar-refractivity contribution < 1.29 is 0 Å². The van der Waals surface area contributed by atoms with Crippen LogP contribution < -0.4 is 30.4 Å². The van der Waals surface area contributed by atoms with Crippen LogP contribution >= 0.6 is 11.3 Å². The van der Waals surface area contributed by atoms with Gasteiger partial charge in [0.1, 0.15) is 11.6 Å². The molecule has 0 fully saturated rings. The fraction of sp³-hybridized carbons (Fsp3) is 0.283. The molecular formula is C60H61BN4S. The summed E-state index contributed by atoms with van der Waals surface area (Å²) in [5.74, 6) is 1.85. The number of fused-ring (bicyclic) bond motifs is 7. The second-order valence-electron chi connectivity index (χ2n) is 22.5. The van der Waals surface area contributed by atoms with Crippen molar-refractivity contribution in [1.82, 2.24) is 4.98 Å². The number of anilines is 9. The summed E-state index contributed by atoms with van der Waals surface area (Å²) < 4.78 is 2.67. The summed E-state index contributed by atoms with van der Waals surface area (Å²) in [6, 6.07) is 54.9. The van der Waals surface area contributed by atoms with Crippen LogP contribution in [-0.4, -0.2) is 11.7 Å². The summed E-state index contributed by atoms with van der Waals surface area (Å²) >= 11 is 1.96. The van der Waals surface area contributed by atoms with Crippen LogP contribution in [0.15, 0.2) is 146 Å². The van der Waals surface area contributed by atoms with E-state index in [9.17, 15) is 0 Å². The minimum Gasteiger partial charge on any atom is -0.311 e. The van der Waals surface area contributed by atoms with E-state index in [1.54, 1.807) is 0 Å². The molecule has 66 heavy (non-hydrogen) atoms. The van der Waals surface area contributed by atoms with Gasteiger partial charge in [-0.05, 0) is 141 Å². The van der Waals surface area contributed by atoms with Crippen molar-refractivity contribution in [2.24, 2.45) is 0 Å². The van der Waals surface area contributed by atoms with E-state index >= 15 is 0 Å². The van der Waals surface area contributed by atoms with Gasteiger partial charge >= 0.3 is 0 Å². The average Bonchev–Trinajstić information content (AvgIpc) is 3.67. The maximum absolute atomic E-state index is 6.05. The number of rotatable bonds is 5. The Morgan fingerprint density at radius 2 is 1.20 bits per heavy atom. The highest BCUT2D eigenvalue weighted by molar-refractivity contribution is 7.33. The molecule has 0 bridgehead atoms. The van der Waals surface area contributed by atoms with E-state index in [1.165, 1.54) is 71.4 Å². The van der Waals surface area contributed by atoms with Crippen molar-refractivity contribution in [3.8, 4) is 0 Å². The number of pyridine rings is 1. The number of para-hydroxylation sites is 2. The van der Waals surface area contributed by atoms with Gasteiger partial charge in [0, 0.05) is 55.1 Å². The molecule has 6 heteroatoms. The Kier molecular flexibility index (Phi) is 9.64. The first kappa shape index (κ1) is 42.5. The topological polar surface area (TPSA) is 22.6 Å². The molecule has 3 aliphatic rings. The van der Waals surface area contributed by atoms with Gasteiger partial charge in [-0.2, -0.15) is 0 Å². The SMILES string of the molecule is Cc1ccc2c(c1)B1c3sc4ccc(C(C)(C)C)cc4c3N(c3ccc4c(c3)C(C)(C)CCC4(C)C)c3nc(N(c4ccccc4)c4ccccc4)cc(c31)N2c1ccc(C(C)(C)C)cc1. The number of aryl methyl sites for hydroxylation is 1. The highest BCUT2D eigenvalue weighted by Crippen LogP contribution is 2.52. The molecule has 0 amide bonds. The molecular weight excluding hydrogens is 820 g/mol. The van der Waals surface area contributed by atoms with E-state index in [-0.39, 0.29) is 28.4 Å². The fourth-order valence-electron chi connectivity index (χ4n) is 11.0. The molecule has 1 aliphatic carbocycles. The molecule has 0 saturated carbocycles. The zero-order valence-electron chi connectivity index (χ0n) is 40.5. The van der Waals surface area contributed by atoms with Gasteiger partial charge in [-0.25, -0.2) is 4.98 Å².